The van der Waals surface area contributed by atoms with Gasteiger partial charge in [0.25, 0.3) is 11.8 Å². The van der Waals surface area contributed by atoms with E-state index in [1.165, 1.54) is 18.3 Å². The second-order valence-corrected chi connectivity index (χ2v) is 7.43. The van der Waals surface area contributed by atoms with Crippen molar-refractivity contribution in [2.45, 2.75) is 6.10 Å². The van der Waals surface area contributed by atoms with Gasteiger partial charge >= 0.3 is 0 Å². The third kappa shape index (κ3) is 4.61. The molecule has 2 aromatic heterocycles. The number of carbonyl (C=O) groups excluding carboxylic acids is 2. The van der Waals surface area contributed by atoms with Crippen LogP contribution in [0.1, 0.15) is 32.5 Å². The number of aliphatic hydroxyl groups is 1. The number of hydrogen-bond donors (Lipinski definition) is 3. The molecule has 9 heteroatoms. The number of nitrogens with zero attached hydrogens (tertiary/aromatic N) is 2. The van der Waals surface area contributed by atoms with Crippen LogP contribution in [-0.4, -0.2) is 32.9 Å². The molecule has 0 radical (unpaired) electrons. The van der Waals surface area contributed by atoms with Crippen LogP contribution in [0.2, 0.25) is 5.02 Å². The van der Waals surface area contributed by atoms with E-state index in [1.807, 2.05) is 0 Å². The van der Waals surface area contributed by atoms with Crippen LogP contribution in [0.5, 0.6) is 0 Å². The summed E-state index contributed by atoms with van der Waals surface area (Å²) in [7, 11) is 0. The number of halogens is 2. The van der Waals surface area contributed by atoms with Crippen LogP contribution in [0, 0.1) is 5.82 Å². The van der Waals surface area contributed by atoms with E-state index in [0.29, 0.717) is 16.2 Å². The van der Waals surface area contributed by atoms with E-state index in [0.717, 1.165) is 6.07 Å². The molecular weight excluding hydrogens is 435 g/mol. The number of benzene rings is 2. The van der Waals surface area contributed by atoms with Gasteiger partial charge in [0.05, 0.1) is 18.0 Å². The quantitative estimate of drug-likeness (QED) is 0.414. The number of aliphatic hydroxyl groups excluding tert-OH is 1. The molecule has 2 heterocycles. The number of pyridine rings is 1. The molecule has 4 rings (SSSR count). The largest absolute Gasteiger partial charge is 0.387 e. The molecule has 2 amide bonds. The molecule has 0 saturated heterocycles. The van der Waals surface area contributed by atoms with Gasteiger partial charge in [-0.25, -0.2) is 9.37 Å². The normalized spacial score (nSPS) is 11.8. The highest BCUT2D eigenvalue weighted by atomic mass is 35.5. The van der Waals surface area contributed by atoms with Gasteiger partial charge < -0.3 is 15.7 Å². The van der Waals surface area contributed by atoms with Crippen molar-refractivity contribution in [2.24, 2.45) is 0 Å². The molecular formula is C23H18ClFN4O3. The van der Waals surface area contributed by atoms with E-state index in [4.69, 9.17) is 11.6 Å². The number of fused-ring (bicyclic) bond motifs is 1. The number of aromatic nitrogens is 2. The Morgan fingerprint density at radius 2 is 1.88 bits per heavy atom. The molecule has 0 unspecified atom stereocenters. The van der Waals surface area contributed by atoms with Gasteiger partial charge in [0.1, 0.15) is 17.2 Å². The average molecular weight is 453 g/mol. The van der Waals surface area contributed by atoms with Crippen molar-refractivity contribution in [3.8, 4) is 0 Å². The predicted octanol–water partition coefficient (Wildman–Crippen LogP) is 3.84. The van der Waals surface area contributed by atoms with Gasteiger partial charge in [-0.05, 0) is 48.0 Å². The lowest BCUT2D eigenvalue weighted by molar-refractivity contribution is 0.0915. The fourth-order valence-electron chi connectivity index (χ4n) is 3.14. The minimum Gasteiger partial charge on any atom is -0.387 e. The first kappa shape index (κ1) is 21.5. The van der Waals surface area contributed by atoms with E-state index >= 15 is 0 Å². The van der Waals surface area contributed by atoms with Gasteiger partial charge in [0, 0.05) is 23.3 Å². The summed E-state index contributed by atoms with van der Waals surface area (Å²) in [6, 6.07) is 15.5. The van der Waals surface area contributed by atoms with Crippen LogP contribution < -0.4 is 10.6 Å². The van der Waals surface area contributed by atoms with E-state index in [2.05, 4.69) is 15.6 Å². The highest BCUT2D eigenvalue weighted by Crippen LogP contribution is 2.19. The molecule has 0 fully saturated rings. The van der Waals surface area contributed by atoms with Gasteiger partial charge in [0.2, 0.25) is 0 Å². The van der Waals surface area contributed by atoms with Gasteiger partial charge in [-0.2, -0.15) is 0 Å². The fourth-order valence-corrected chi connectivity index (χ4v) is 3.27. The van der Waals surface area contributed by atoms with Crippen LogP contribution in [0.3, 0.4) is 0 Å². The summed E-state index contributed by atoms with van der Waals surface area (Å²) < 4.78 is 15.9. The summed E-state index contributed by atoms with van der Waals surface area (Å²) in [6.45, 7) is -0.0542. The molecule has 2 aromatic carbocycles. The minimum atomic E-state index is -0.939. The van der Waals surface area contributed by atoms with Crippen LogP contribution in [0.15, 0.2) is 73.1 Å². The zero-order chi connectivity index (χ0) is 22.7. The topological polar surface area (TPSA) is 95.7 Å². The third-order valence-electron chi connectivity index (χ3n) is 4.84. The lowest BCUT2D eigenvalue weighted by Crippen LogP contribution is -2.28. The third-order valence-corrected chi connectivity index (χ3v) is 5.09. The summed E-state index contributed by atoms with van der Waals surface area (Å²) in [6.07, 6.45) is 2.12. The molecule has 0 aliphatic heterocycles. The summed E-state index contributed by atoms with van der Waals surface area (Å²) in [4.78, 5) is 29.3. The number of carbonyl (C=O) groups is 2. The Hall–Kier alpha value is -3.75. The maximum Gasteiger partial charge on any atom is 0.274 e. The van der Waals surface area contributed by atoms with Crippen LogP contribution in [-0.2, 0) is 0 Å². The second kappa shape index (κ2) is 9.17. The van der Waals surface area contributed by atoms with Crippen molar-refractivity contribution in [2.75, 3.05) is 11.9 Å². The zero-order valence-electron chi connectivity index (χ0n) is 16.6. The zero-order valence-corrected chi connectivity index (χ0v) is 17.4. The second-order valence-electron chi connectivity index (χ2n) is 7.00. The molecule has 7 nitrogen and oxygen atoms in total. The number of anilines is 1. The maximum atomic E-state index is 14.3. The van der Waals surface area contributed by atoms with Crippen molar-refractivity contribution in [3.05, 3.63) is 101 Å². The molecule has 3 N–H and O–H groups in total. The van der Waals surface area contributed by atoms with Crippen molar-refractivity contribution in [1.82, 2.24) is 14.7 Å². The highest BCUT2D eigenvalue weighted by molar-refractivity contribution is 6.30. The molecule has 32 heavy (non-hydrogen) atoms. The van der Waals surface area contributed by atoms with Crippen LogP contribution >= 0.6 is 11.6 Å². The first-order valence-corrected chi connectivity index (χ1v) is 10.0. The van der Waals surface area contributed by atoms with Crippen molar-refractivity contribution < 1.29 is 19.1 Å². The SMILES string of the molecule is O=C(NC[C@@H](O)c1ccc(Cl)cc1)c1ccc(F)c(NC(=O)c2cnc3ccccn23)c1. The van der Waals surface area contributed by atoms with Gasteiger partial charge in [-0.3, -0.25) is 14.0 Å². The van der Waals surface area contributed by atoms with Gasteiger partial charge in [0.15, 0.2) is 0 Å². The average Bonchev–Trinajstić information content (AvgIpc) is 3.23. The van der Waals surface area contributed by atoms with E-state index < -0.39 is 23.7 Å². The number of imidazole rings is 1. The Labute approximate surface area is 187 Å². The van der Waals surface area contributed by atoms with Crippen LogP contribution in [0.25, 0.3) is 5.65 Å². The lowest BCUT2D eigenvalue weighted by Gasteiger charge is -2.13. The molecule has 1 atom stereocenters. The first-order chi connectivity index (χ1) is 15.4. The standard InChI is InChI=1S/C23H18ClFN4O3/c24-16-7-4-14(5-8-16)20(30)13-27-22(31)15-6-9-17(25)18(11-15)28-23(32)19-12-26-21-3-1-2-10-29(19)21/h1-12,20,30H,13H2,(H,27,31)(H,28,32)/t20-/m1/s1. The fraction of sp³-hybridized carbons (Fsp3) is 0.0870. The smallest absolute Gasteiger partial charge is 0.274 e. The Morgan fingerprint density at radius 1 is 1.09 bits per heavy atom. The number of amides is 2. The van der Waals surface area contributed by atoms with Crippen LogP contribution in [0.4, 0.5) is 10.1 Å². The van der Waals surface area contributed by atoms with E-state index in [9.17, 15) is 19.1 Å². The van der Waals surface area contributed by atoms with Crippen molar-refractivity contribution >= 4 is 34.7 Å². The monoisotopic (exact) mass is 452 g/mol. The molecule has 0 saturated carbocycles. The number of nitrogens with one attached hydrogen (secondary N) is 2. The first-order valence-electron chi connectivity index (χ1n) is 9.67. The summed E-state index contributed by atoms with van der Waals surface area (Å²) >= 11 is 5.83. The Morgan fingerprint density at radius 3 is 2.66 bits per heavy atom. The summed E-state index contributed by atoms with van der Waals surface area (Å²) in [5, 5.41) is 15.8. The predicted molar refractivity (Wildman–Crippen MR) is 118 cm³/mol. The Balaban J connectivity index is 1.45. The van der Waals surface area contributed by atoms with Crippen molar-refractivity contribution in [3.63, 3.8) is 0 Å². The number of rotatable bonds is 6. The lowest BCUT2D eigenvalue weighted by atomic mass is 10.1. The molecule has 0 bridgehead atoms. The minimum absolute atomic E-state index is 0.0542. The van der Waals surface area contributed by atoms with Gasteiger partial charge in [-0.1, -0.05) is 29.8 Å². The summed E-state index contributed by atoms with van der Waals surface area (Å²) in [5.74, 6) is -1.79. The Kier molecular flexibility index (Phi) is 6.16. The van der Waals surface area contributed by atoms with E-state index in [-0.39, 0.29) is 23.5 Å². The number of hydrogen-bond acceptors (Lipinski definition) is 4. The molecule has 0 aliphatic rings. The highest BCUT2D eigenvalue weighted by Gasteiger charge is 2.17. The summed E-state index contributed by atoms with van der Waals surface area (Å²) in [5.41, 5.74) is 1.37. The molecule has 4 aromatic rings. The molecule has 0 aliphatic carbocycles. The molecule has 0 spiro atoms. The maximum absolute atomic E-state index is 14.3. The molecule has 162 valence electrons. The van der Waals surface area contributed by atoms with E-state index in [1.54, 1.807) is 53.1 Å². The van der Waals surface area contributed by atoms with Gasteiger partial charge in [-0.15, -0.1) is 0 Å². The van der Waals surface area contributed by atoms with Crippen molar-refractivity contribution in [1.29, 1.82) is 0 Å². The Bertz CT molecular complexity index is 1290.